The maximum atomic E-state index is 13.0. The van der Waals surface area contributed by atoms with Gasteiger partial charge in [-0.05, 0) is 43.0 Å². The molecule has 5 nitrogen and oxygen atoms in total. The van der Waals surface area contributed by atoms with Crippen LogP contribution in [0.25, 0.3) is 0 Å². The summed E-state index contributed by atoms with van der Waals surface area (Å²) in [6.07, 6.45) is 1.45. The molecule has 2 aliphatic rings. The molecule has 1 fully saturated rings. The molecule has 0 N–H and O–H groups in total. The molecule has 0 aliphatic carbocycles. The standard InChI is InChI=1S/C21H26N2O3S/c1-16-7-3-4-8-17(16)15-23-13-11-18-19(12-14-23)26-20-9-5-6-10-21(20)27(24,25)22(18)2/h3-10,18-19H,11-15H2,1-2H3/t18-,19-/m1/s1. The summed E-state index contributed by atoms with van der Waals surface area (Å²) in [5, 5.41) is 0. The van der Waals surface area contributed by atoms with Gasteiger partial charge in [-0.2, -0.15) is 4.31 Å². The van der Waals surface area contributed by atoms with E-state index in [-0.39, 0.29) is 17.0 Å². The Balaban J connectivity index is 1.58. The van der Waals surface area contributed by atoms with Crippen LogP contribution in [0.4, 0.5) is 0 Å². The molecule has 0 aromatic heterocycles. The van der Waals surface area contributed by atoms with E-state index in [9.17, 15) is 8.42 Å². The SMILES string of the molecule is Cc1ccccc1CN1CC[C@@H]2[C@@H](CC1)Oc1ccccc1S(=O)(=O)N2C. The first kappa shape index (κ1) is 18.5. The lowest BCUT2D eigenvalue weighted by Gasteiger charge is -2.28. The van der Waals surface area contributed by atoms with Gasteiger partial charge in [0.15, 0.2) is 0 Å². The van der Waals surface area contributed by atoms with Gasteiger partial charge in [0.25, 0.3) is 0 Å². The minimum Gasteiger partial charge on any atom is -0.487 e. The van der Waals surface area contributed by atoms with E-state index >= 15 is 0 Å². The lowest BCUT2D eigenvalue weighted by Crippen LogP contribution is -2.44. The molecule has 0 saturated carbocycles. The van der Waals surface area contributed by atoms with Gasteiger partial charge in [-0.15, -0.1) is 0 Å². The largest absolute Gasteiger partial charge is 0.487 e. The summed E-state index contributed by atoms with van der Waals surface area (Å²) in [6.45, 7) is 4.78. The molecule has 0 amide bonds. The van der Waals surface area contributed by atoms with Gasteiger partial charge in [-0.25, -0.2) is 8.42 Å². The summed E-state index contributed by atoms with van der Waals surface area (Å²) in [5.74, 6) is 0.476. The van der Waals surface area contributed by atoms with Gasteiger partial charge in [0, 0.05) is 26.7 Å². The monoisotopic (exact) mass is 386 g/mol. The van der Waals surface area contributed by atoms with Crippen LogP contribution in [0, 0.1) is 6.92 Å². The highest BCUT2D eigenvalue weighted by atomic mass is 32.2. The van der Waals surface area contributed by atoms with E-state index < -0.39 is 10.0 Å². The second kappa shape index (κ2) is 7.26. The second-order valence-corrected chi connectivity index (χ2v) is 9.44. The molecule has 4 rings (SSSR count). The molecule has 0 spiro atoms. The van der Waals surface area contributed by atoms with Crippen LogP contribution in [0.2, 0.25) is 0 Å². The molecule has 2 aliphatic heterocycles. The van der Waals surface area contributed by atoms with E-state index in [2.05, 4.69) is 36.1 Å². The maximum absolute atomic E-state index is 13.0. The van der Waals surface area contributed by atoms with Crippen molar-refractivity contribution in [2.24, 2.45) is 0 Å². The summed E-state index contributed by atoms with van der Waals surface area (Å²) in [5.41, 5.74) is 2.62. The molecule has 144 valence electrons. The van der Waals surface area contributed by atoms with Crippen LogP contribution in [-0.2, 0) is 16.6 Å². The Bertz CT molecular complexity index is 929. The Morgan fingerprint density at radius 3 is 2.56 bits per heavy atom. The summed E-state index contributed by atoms with van der Waals surface area (Å²) in [6, 6.07) is 15.3. The number of hydrogen-bond acceptors (Lipinski definition) is 4. The van der Waals surface area contributed by atoms with Crippen molar-refractivity contribution in [2.75, 3.05) is 20.1 Å². The first-order valence-electron chi connectivity index (χ1n) is 9.47. The van der Waals surface area contributed by atoms with Gasteiger partial charge in [-0.3, -0.25) is 4.90 Å². The third-order valence-electron chi connectivity index (χ3n) is 5.81. The Hall–Kier alpha value is -1.89. The number of para-hydroxylation sites is 1. The zero-order valence-electron chi connectivity index (χ0n) is 15.8. The molecule has 2 aromatic carbocycles. The molecule has 1 saturated heterocycles. The fourth-order valence-electron chi connectivity index (χ4n) is 4.11. The van der Waals surface area contributed by atoms with E-state index in [1.807, 2.05) is 6.07 Å². The average molecular weight is 387 g/mol. The third-order valence-corrected chi connectivity index (χ3v) is 7.73. The zero-order valence-corrected chi connectivity index (χ0v) is 16.7. The number of likely N-dealkylation sites (N-methyl/N-ethyl adjacent to an activating group) is 1. The second-order valence-electron chi connectivity index (χ2n) is 7.47. The molecule has 0 unspecified atom stereocenters. The maximum Gasteiger partial charge on any atom is 0.246 e. The smallest absolute Gasteiger partial charge is 0.246 e. The molecule has 2 heterocycles. The van der Waals surface area contributed by atoms with Crippen molar-refractivity contribution >= 4 is 10.0 Å². The quantitative estimate of drug-likeness (QED) is 0.796. The van der Waals surface area contributed by atoms with Crippen molar-refractivity contribution < 1.29 is 13.2 Å². The number of benzene rings is 2. The fourth-order valence-corrected chi connectivity index (χ4v) is 5.64. The zero-order chi connectivity index (χ0) is 19.0. The molecule has 0 radical (unpaired) electrons. The number of nitrogens with zero attached hydrogens (tertiary/aromatic N) is 2. The summed E-state index contributed by atoms with van der Waals surface area (Å²) < 4.78 is 33.8. The Morgan fingerprint density at radius 1 is 1.04 bits per heavy atom. The number of rotatable bonds is 2. The van der Waals surface area contributed by atoms with Crippen LogP contribution in [0.5, 0.6) is 5.75 Å². The van der Waals surface area contributed by atoms with Crippen molar-refractivity contribution in [3.63, 3.8) is 0 Å². The molecule has 0 bridgehead atoms. The van der Waals surface area contributed by atoms with Crippen LogP contribution >= 0.6 is 0 Å². The van der Waals surface area contributed by atoms with Gasteiger partial charge < -0.3 is 4.74 Å². The topological polar surface area (TPSA) is 49.9 Å². The Labute approximate surface area is 161 Å². The Morgan fingerprint density at radius 2 is 1.74 bits per heavy atom. The van der Waals surface area contributed by atoms with Crippen molar-refractivity contribution in [3.8, 4) is 5.75 Å². The van der Waals surface area contributed by atoms with Gasteiger partial charge in [-0.1, -0.05) is 36.4 Å². The van der Waals surface area contributed by atoms with Crippen LogP contribution in [0.1, 0.15) is 24.0 Å². The molecular weight excluding hydrogens is 360 g/mol. The fraction of sp³-hybridized carbons (Fsp3) is 0.429. The molecule has 27 heavy (non-hydrogen) atoms. The predicted octanol–water partition coefficient (Wildman–Crippen LogP) is 3.04. The van der Waals surface area contributed by atoms with Gasteiger partial charge in [0.2, 0.25) is 10.0 Å². The lowest BCUT2D eigenvalue weighted by molar-refractivity contribution is 0.122. The van der Waals surface area contributed by atoms with Gasteiger partial charge in [0.1, 0.15) is 16.7 Å². The molecule has 2 atom stereocenters. The minimum atomic E-state index is -3.54. The number of sulfonamides is 1. The van der Waals surface area contributed by atoms with Crippen molar-refractivity contribution in [1.82, 2.24) is 9.21 Å². The number of fused-ring (bicyclic) bond motifs is 2. The summed E-state index contributed by atoms with van der Waals surface area (Å²) in [7, 11) is -1.85. The van der Waals surface area contributed by atoms with E-state index in [1.165, 1.54) is 15.4 Å². The lowest BCUT2D eigenvalue weighted by atomic mass is 10.1. The number of ether oxygens (including phenoxy) is 1. The first-order chi connectivity index (χ1) is 13.0. The van der Waals surface area contributed by atoms with Crippen molar-refractivity contribution in [3.05, 3.63) is 59.7 Å². The van der Waals surface area contributed by atoms with Gasteiger partial charge in [0.05, 0.1) is 6.04 Å². The minimum absolute atomic E-state index is 0.129. The highest BCUT2D eigenvalue weighted by Gasteiger charge is 2.41. The molecular formula is C21H26N2O3S. The van der Waals surface area contributed by atoms with Crippen LogP contribution < -0.4 is 4.74 Å². The van der Waals surface area contributed by atoms with Gasteiger partial charge >= 0.3 is 0 Å². The molecule has 2 aromatic rings. The third kappa shape index (κ3) is 3.49. The summed E-state index contributed by atoms with van der Waals surface area (Å²) >= 11 is 0. The average Bonchev–Trinajstić information content (AvgIpc) is 2.89. The van der Waals surface area contributed by atoms with E-state index in [0.717, 1.165) is 32.5 Å². The Kier molecular flexibility index (Phi) is 4.97. The first-order valence-corrected chi connectivity index (χ1v) is 10.9. The summed E-state index contributed by atoms with van der Waals surface area (Å²) in [4.78, 5) is 2.68. The van der Waals surface area contributed by atoms with Crippen molar-refractivity contribution in [2.45, 2.75) is 43.4 Å². The van der Waals surface area contributed by atoms with Crippen molar-refractivity contribution in [1.29, 1.82) is 0 Å². The predicted molar refractivity (Wildman–Crippen MR) is 105 cm³/mol. The molecule has 6 heteroatoms. The number of hydrogen-bond donors (Lipinski definition) is 0. The highest BCUT2D eigenvalue weighted by molar-refractivity contribution is 7.89. The number of likely N-dealkylation sites (tertiary alicyclic amines) is 1. The van der Waals surface area contributed by atoms with Crippen LogP contribution in [0.3, 0.4) is 0 Å². The number of aryl methyl sites for hydroxylation is 1. The van der Waals surface area contributed by atoms with E-state index in [0.29, 0.717) is 5.75 Å². The van der Waals surface area contributed by atoms with E-state index in [1.54, 1.807) is 25.2 Å². The normalized spacial score (nSPS) is 25.6. The van der Waals surface area contributed by atoms with Crippen LogP contribution in [-0.4, -0.2) is 49.9 Å². The van der Waals surface area contributed by atoms with E-state index in [4.69, 9.17) is 4.74 Å². The highest BCUT2D eigenvalue weighted by Crippen LogP contribution is 2.35. The van der Waals surface area contributed by atoms with Crippen LogP contribution in [0.15, 0.2) is 53.4 Å².